The smallest absolute Gasteiger partial charge is 0.270 e. The topological polar surface area (TPSA) is 43.4 Å². The Labute approximate surface area is 107 Å². The van der Waals surface area contributed by atoms with Crippen LogP contribution in [-0.4, -0.2) is 15.5 Å². The average molecular weight is 303 g/mol. The van der Waals surface area contributed by atoms with Gasteiger partial charge in [0.2, 0.25) is 9.05 Å². The summed E-state index contributed by atoms with van der Waals surface area (Å²) in [5.41, 5.74) is -0.889. The predicted octanol–water partition coefficient (Wildman–Crippen LogP) is 3.01. The van der Waals surface area contributed by atoms with E-state index in [1.165, 1.54) is 0 Å². The van der Waals surface area contributed by atoms with Crippen molar-refractivity contribution in [2.24, 2.45) is 0 Å². The molecule has 1 aromatic carbocycles. The summed E-state index contributed by atoms with van der Waals surface area (Å²) in [5.74, 6) is -5.56. The van der Waals surface area contributed by atoms with Crippen LogP contribution in [0.15, 0.2) is 12.1 Å². The molecular formula is C10H10ClF3O3S. The van der Waals surface area contributed by atoms with Crippen molar-refractivity contribution in [2.75, 3.05) is 7.11 Å². The highest BCUT2D eigenvalue weighted by Gasteiger charge is 2.28. The van der Waals surface area contributed by atoms with Crippen molar-refractivity contribution < 1.29 is 26.3 Å². The quantitative estimate of drug-likeness (QED) is 0.803. The molecule has 8 heteroatoms. The van der Waals surface area contributed by atoms with Gasteiger partial charge in [-0.15, -0.1) is 0 Å². The number of halogens is 4. The molecule has 0 spiro atoms. The molecule has 18 heavy (non-hydrogen) atoms. The molecular weight excluding hydrogens is 293 g/mol. The first-order valence-corrected chi connectivity index (χ1v) is 7.19. The molecule has 0 bridgehead atoms. The molecule has 0 atom stereocenters. The van der Waals surface area contributed by atoms with E-state index in [-0.39, 0.29) is 5.56 Å². The van der Waals surface area contributed by atoms with Gasteiger partial charge in [0.05, 0.1) is 12.9 Å². The third-order valence-electron chi connectivity index (χ3n) is 2.16. The van der Waals surface area contributed by atoms with Gasteiger partial charge in [0.1, 0.15) is 0 Å². The molecule has 0 fully saturated rings. The van der Waals surface area contributed by atoms with E-state index < -0.39 is 37.9 Å². The number of alkyl halides is 2. The van der Waals surface area contributed by atoms with E-state index in [0.29, 0.717) is 13.0 Å². The average Bonchev–Trinajstić information content (AvgIpc) is 2.13. The minimum absolute atomic E-state index is 0.246. The lowest BCUT2D eigenvalue weighted by molar-refractivity contribution is 0.0170. The van der Waals surface area contributed by atoms with Crippen LogP contribution in [0, 0.1) is 5.82 Å². The van der Waals surface area contributed by atoms with E-state index in [1.54, 1.807) is 0 Å². The molecule has 0 radical (unpaired) electrons. The van der Waals surface area contributed by atoms with Crippen LogP contribution in [0.1, 0.15) is 18.1 Å². The zero-order valence-electron chi connectivity index (χ0n) is 9.51. The fraction of sp³-hybridized carbons (Fsp3) is 0.400. The summed E-state index contributed by atoms with van der Waals surface area (Å²) in [5, 5.41) is 0. The van der Waals surface area contributed by atoms with Gasteiger partial charge in [0.25, 0.3) is 5.92 Å². The summed E-state index contributed by atoms with van der Waals surface area (Å²) in [6.07, 6.45) is 0. The molecule has 0 saturated heterocycles. The molecule has 0 amide bonds. The van der Waals surface area contributed by atoms with Gasteiger partial charge >= 0.3 is 0 Å². The van der Waals surface area contributed by atoms with Crippen molar-refractivity contribution in [3.8, 4) is 5.75 Å². The summed E-state index contributed by atoms with van der Waals surface area (Å²) in [6, 6.07) is 1.46. The van der Waals surface area contributed by atoms with E-state index in [4.69, 9.17) is 10.7 Å². The first-order chi connectivity index (χ1) is 8.04. The Morgan fingerprint density at radius 1 is 1.39 bits per heavy atom. The van der Waals surface area contributed by atoms with Gasteiger partial charge in [-0.2, -0.15) is 0 Å². The highest BCUT2D eigenvalue weighted by Crippen LogP contribution is 2.34. The van der Waals surface area contributed by atoms with Crippen LogP contribution in [0.5, 0.6) is 5.75 Å². The molecule has 0 aromatic heterocycles. The predicted molar refractivity (Wildman–Crippen MR) is 61.0 cm³/mol. The Hall–Kier alpha value is -0.950. The number of rotatable bonds is 4. The molecule has 1 aromatic rings. The lowest BCUT2D eigenvalue weighted by Gasteiger charge is -2.15. The maximum Gasteiger partial charge on any atom is 0.270 e. The zero-order chi connectivity index (χ0) is 14.1. The van der Waals surface area contributed by atoms with Crippen molar-refractivity contribution in [1.29, 1.82) is 0 Å². The molecule has 0 aliphatic rings. The van der Waals surface area contributed by atoms with E-state index in [0.717, 1.165) is 13.2 Å². The highest BCUT2D eigenvalue weighted by atomic mass is 35.7. The Kier molecular flexibility index (Phi) is 4.17. The maximum atomic E-state index is 13.5. The van der Waals surface area contributed by atoms with Gasteiger partial charge in [-0.1, -0.05) is 0 Å². The van der Waals surface area contributed by atoms with Gasteiger partial charge < -0.3 is 4.74 Å². The molecule has 0 saturated carbocycles. The molecule has 0 heterocycles. The first-order valence-electron chi connectivity index (χ1n) is 4.71. The summed E-state index contributed by atoms with van der Waals surface area (Å²) >= 11 is 0. The second-order valence-electron chi connectivity index (χ2n) is 3.72. The standard InChI is InChI=1S/C10H10ClF3O3S/c1-10(13,14)7-3-6(5-18(11,15)16)9(17-2)8(12)4-7/h3-4H,5H2,1-2H3. The SMILES string of the molecule is COc1c(F)cc(C(C)(F)F)cc1CS(=O)(=O)Cl. The molecule has 0 N–H and O–H groups in total. The van der Waals surface area contributed by atoms with Crippen LogP contribution in [0.4, 0.5) is 13.2 Å². The van der Waals surface area contributed by atoms with Gasteiger partial charge in [0, 0.05) is 28.7 Å². The monoisotopic (exact) mass is 302 g/mol. The Morgan fingerprint density at radius 2 is 1.94 bits per heavy atom. The van der Waals surface area contributed by atoms with Crippen LogP contribution in [0.2, 0.25) is 0 Å². The summed E-state index contributed by atoms with van der Waals surface area (Å²) < 4.78 is 66.2. The fourth-order valence-electron chi connectivity index (χ4n) is 1.43. The fourth-order valence-corrected chi connectivity index (χ4v) is 2.36. The van der Waals surface area contributed by atoms with Crippen molar-refractivity contribution in [1.82, 2.24) is 0 Å². The van der Waals surface area contributed by atoms with Crippen LogP contribution in [0.3, 0.4) is 0 Å². The Balaban J connectivity index is 3.42. The van der Waals surface area contributed by atoms with Crippen LogP contribution in [-0.2, 0) is 20.7 Å². The number of hydrogen-bond acceptors (Lipinski definition) is 3. The van der Waals surface area contributed by atoms with Crippen LogP contribution < -0.4 is 4.74 Å². The normalized spacial score (nSPS) is 12.6. The van der Waals surface area contributed by atoms with E-state index in [9.17, 15) is 21.6 Å². The van der Waals surface area contributed by atoms with Gasteiger partial charge in [0.15, 0.2) is 11.6 Å². The molecule has 0 unspecified atom stereocenters. The Morgan fingerprint density at radius 3 is 2.33 bits per heavy atom. The van der Waals surface area contributed by atoms with Crippen LogP contribution in [0.25, 0.3) is 0 Å². The minimum Gasteiger partial charge on any atom is -0.493 e. The lowest BCUT2D eigenvalue weighted by Crippen LogP contribution is -2.10. The van der Waals surface area contributed by atoms with Crippen molar-refractivity contribution in [2.45, 2.75) is 18.6 Å². The van der Waals surface area contributed by atoms with E-state index in [1.807, 2.05) is 0 Å². The molecule has 3 nitrogen and oxygen atoms in total. The largest absolute Gasteiger partial charge is 0.493 e. The summed E-state index contributed by atoms with van der Waals surface area (Å²) in [6.45, 7) is 0.577. The molecule has 0 aliphatic carbocycles. The molecule has 1 rings (SSSR count). The lowest BCUT2D eigenvalue weighted by atomic mass is 10.1. The minimum atomic E-state index is -4.01. The number of hydrogen-bond donors (Lipinski definition) is 0. The number of methoxy groups -OCH3 is 1. The Bertz CT molecular complexity index is 552. The van der Waals surface area contributed by atoms with Gasteiger partial charge in [-0.25, -0.2) is 21.6 Å². The van der Waals surface area contributed by atoms with E-state index in [2.05, 4.69) is 4.74 Å². The first kappa shape index (κ1) is 15.1. The van der Waals surface area contributed by atoms with E-state index >= 15 is 0 Å². The summed E-state index contributed by atoms with van der Waals surface area (Å²) in [7, 11) is 2.12. The highest BCUT2D eigenvalue weighted by molar-refractivity contribution is 8.13. The zero-order valence-corrected chi connectivity index (χ0v) is 11.1. The third kappa shape index (κ3) is 3.78. The summed E-state index contributed by atoms with van der Waals surface area (Å²) in [4.78, 5) is 0. The number of benzene rings is 1. The van der Waals surface area contributed by atoms with Crippen molar-refractivity contribution >= 4 is 19.7 Å². The van der Waals surface area contributed by atoms with Crippen molar-refractivity contribution in [3.63, 3.8) is 0 Å². The second-order valence-corrected chi connectivity index (χ2v) is 6.50. The molecule has 102 valence electrons. The third-order valence-corrected chi connectivity index (χ3v) is 3.14. The molecule has 0 aliphatic heterocycles. The number of ether oxygens (including phenoxy) is 1. The second kappa shape index (κ2) is 4.97. The maximum absolute atomic E-state index is 13.5. The van der Waals surface area contributed by atoms with Crippen molar-refractivity contribution in [3.05, 3.63) is 29.1 Å². The van der Waals surface area contributed by atoms with Gasteiger partial charge in [-0.3, -0.25) is 0 Å². The van der Waals surface area contributed by atoms with Crippen LogP contribution >= 0.6 is 10.7 Å². The van der Waals surface area contributed by atoms with Gasteiger partial charge in [-0.05, 0) is 12.1 Å².